The van der Waals surface area contributed by atoms with Gasteiger partial charge in [0.2, 0.25) is 0 Å². The minimum absolute atomic E-state index is 0.0722. The van der Waals surface area contributed by atoms with E-state index in [9.17, 15) is 4.79 Å². The van der Waals surface area contributed by atoms with E-state index >= 15 is 0 Å². The number of benzene rings is 1. The van der Waals surface area contributed by atoms with Crippen LogP contribution in [0.25, 0.3) is 11.0 Å². The van der Waals surface area contributed by atoms with Crippen LogP contribution in [0.2, 0.25) is 0 Å². The maximum absolute atomic E-state index is 12.4. The van der Waals surface area contributed by atoms with Gasteiger partial charge < -0.3 is 4.90 Å². The third kappa shape index (κ3) is 2.99. The van der Waals surface area contributed by atoms with Crippen LogP contribution in [0.15, 0.2) is 28.2 Å². The molecule has 0 saturated carbocycles. The lowest BCUT2D eigenvalue weighted by Crippen LogP contribution is -2.26. The van der Waals surface area contributed by atoms with Crippen LogP contribution in [0.5, 0.6) is 0 Å². The first-order valence-electron chi connectivity index (χ1n) is 7.08. The maximum Gasteiger partial charge on any atom is 0.273 e. The first-order valence-corrected chi connectivity index (χ1v) is 7.96. The fourth-order valence-electron chi connectivity index (χ4n) is 2.21. The summed E-state index contributed by atoms with van der Waals surface area (Å²) in [4.78, 5) is 18.5. The van der Waals surface area contributed by atoms with Crippen molar-refractivity contribution in [2.75, 3.05) is 7.05 Å². The van der Waals surface area contributed by atoms with Gasteiger partial charge in [-0.05, 0) is 40.9 Å². The van der Waals surface area contributed by atoms with Crippen LogP contribution < -0.4 is 0 Å². The van der Waals surface area contributed by atoms with Crippen LogP contribution in [0.3, 0.4) is 0 Å². The largest absolute Gasteiger partial charge is 0.336 e. The van der Waals surface area contributed by atoms with Gasteiger partial charge in [0.05, 0.1) is 5.01 Å². The Kier molecular flexibility index (Phi) is 4.15. The number of amides is 1. The molecular weight excluding hydrogens is 300 g/mol. The molecule has 0 aliphatic carbocycles. The molecule has 0 N–H and O–H groups in total. The van der Waals surface area contributed by atoms with Crippen molar-refractivity contribution in [2.45, 2.75) is 26.3 Å². The third-order valence-corrected chi connectivity index (χ3v) is 4.23. The Labute approximate surface area is 131 Å². The lowest BCUT2D eigenvalue weighted by molar-refractivity contribution is 0.0780. The van der Waals surface area contributed by atoms with Gasteiger partial charge in [-0.25, -0.2) is 9.61 Å². The molecule has 3 rings (SSSR count). The van der Waals surface area contributed by atoms with E-state index in [4.69, 9.17) is 0 Å². The minimum Gasteiger partial charge on any atom is -0.336 e. The first-order chi connectivity index (χ1) is 10.7. The van der Waals surface area contributed by atoms with Crippen molar-refractivity contribution in [1.82, 2.24) is 20.2 Å². The Morgan fingerprint density at radius 3 is 2.95 bits per heavy atom. The molecule has 0 aliphatic rings. The molecule has 2 aromatic heterocycles. The summed E-state index contributed by atoms with van der Waals surface area (Å²) < 4.78 is 4.68. The average Bonchev–Trinajstić information content (AvgIpc) is 3.15. The molecule has 2 heterocycles. The predicted octanol–water partition coefficient (Wildman–Crippen LogP) is 2.90. The molecule has 0 fully saturated rings. The summed E-state index contributed by atoms with van der Waals surface area (Å²) in [7, 11) is 1.77. The maximum atomic E-state index is 12.4. The van der Waals surface area contributed by atoms with E-state index < -0.39 is 0 Å². The molecule has 1 amide bonds. The van der Waals surface area contributed by atoms with Crippen molar-refractivity contribution in [3.8, 4) is 0 Å². The highest BCUT2D eigenvalue weighted by Crippen LogP contribution is 2.16. The van der Waals surface area contributed by atoms with Crippen LogP contribution in [-0.4, -0.2) is 33.2 Å². The van der Waals surface area contributed by atoms with E-state index in [1.165, 1.54) is 11.3 Å². The second kappa shape index (κ2) is 6.23. The van der Waals surface area contributed by atoms with Gasteiger partial charge in [0.1, 0.15) is 16.7 Å². The second-order valence-electron chi connectivity index (χ2n) is 5.12. The summed E-state index contributed by atoms with van der Waals surface area (Å²) in [5.74, 6) is -0.0722. The Balaban J connectivity index is 1.71. The van der Waals surface area contributed by atoms with Gasteiger partial charge in [-0.2, -0.15) is 0 Å². The molecule has 1 aromatic carbocycles. The van der Waals surface area contributed by atoms with Crippen LogP contribution in [0, 0.1) is 0 Å². The zero-order chi connectivity index (χ0) is 15.5. The number of aromatic nitrogens is 3. The molecule has 114 valence electrons. The lowest BCUT2D eigenvalue weighted by atomic mass is 10.2. The smallest absolute Gasteiger partial charge is 0.273 e. The van der Waals surface area contributed by atoms with Gasteiger partial charge in [0, 0.05) is 19.0 Å². The number of fused-ring (bicyclic) bond motifs is 1. The number of hydrogen-bond donors (Lipinski definition) is 0. The molecule has 6 nitrogen and oxygen atoms in total. The van der Waals surface area contributed by atoms with Crippen LogP contribution >= 0.6 is 11.3 Å². The number of carbonyl (C=O) groups excluding carboxylic acids is 1. The molecule has 22 heavy (non-hydrogen) atoms. The van der Waals surface area contributed by atoms with Crippen LogP contribution in [-0.2, 0) is 13.0 Å². The Morgan fingerprint density at radius 1 is 1.32 bits per heavy atom. The molecule has 0 saturated heterocycles. The van der Waals surface area contributed by atoms with E-state index in [-0.39, 0.29) is 5.91 Å². The van der Waals surface area contributed by atoms with Gasteiger partial charge in [-0.3, -0.25) is 4.79 Å². The number of aryl methyl sites for hydroxylation is 1. The van der Waals surface area contributed by atoms with Gasteiger partial charge in [0.25, 0.3) is 5.91 Å². The van der Waals surface area contributed by atoms with Crippen molar-refractivity contribution in [3.05, 3.63) is 39.8 Å². The third-order valence-electron chi connectivity index (χ3n) is 3.32. The normalized spacial score (nSPS) is 11.0. The molecule has 0 aliphatic heterocycles. The molecule has 0 atom stereocenters. The molecule has 7 heteroatoms. The topological polar surface area (TPSA) is 72.1 Å². The summed E-state index contributed by atoms with van der Waals surface area (Å²) >= 11 is 1.54. The van der Waals surface area contributed by atoms with Gasteiger partial charge in [-0.15, -0.1) is 11.3 Å². The molecule has 0 unspecified atom stereocenters. The highest BCUT2D eigenvalue weighted by atomic mass is 32.1. The van der Waals surface area contributed by atoms with E-state index in [0.717, 1.165) is 23.4 Å². The molecule has 0 radical (unpaired) electrons. The Morgan fingerprint density at radius 2 is 2.14 bits per heavy atom. The van der Waals surface area contributed by atoms with E-state index in [1.54, 1.807) is 11.9 Å². The summed E-state index contributed by atoms with van der Waals surface area (Å²) in [5.41, 5.74) is 2.89. The predicted molar refractivity (Wildman–Crippen MR) is 83.7 cm³/mol. The van der Waals surface area contributed by atoms with Crippen molar-refractivity contribution < 1.29 is 9.42 Å². The number of nitrogens with zero attached hydrogens (tertiary/aromatic N) is 4. The Hall–Kier alpha value is -2.28. The van der Waals surface area contributed by atoms with Gasteiger partial charge in [0.15, 0.2) is 0 Å². The highest BCUT2D eigenvalue weighted by Gasteiger charge is 2.16. The number of thiazole rings is 1. The molecule has 0 spiro atoms. The molecule has 3 aromatic rings. The average molecular weight is 316 g/mol. The molecule has 0 bridgehead atoms. The quantitative estimate of drug-likeness (QED) is 0.723. The zero-order valence-electron chi connectivity index (χ0n) is 12.4. The minimum atomic E-state index is -0.0722. The van der Waals surface area contributed by atoms with E-state index in [0.29, 0.717) is 23.3 Å². The monoisotopic (exact) mass is 316 g/mol. The van der Waals surface area contributed by atoms with Gasteiger partial charge >= 0.3 is 0 Å². The van der Waals surface area contributed by atoms with E-state index in [1.807, 2.05) is 23.6 Å². The summed E-state index contributed by atoms with van der Waals surface area (Å²) in [5, 5.41) is 10.4. The zero-order valence-corrected chi connectivity index (χ0v) is 13.3. The standard InChI is InChI=1S/C15H16N4O2S/c1-3-4-14-16-13(9-22-14)15(20)19(2)8-10-5-6-11-12(7-10)18-21-17-11/h5-7,9H,3-4,8H2,1-2H3. The first kappa shape index (κ1) is 14.6. The number of carbonyl (C=O) groups is 1. The van der Waals surface area contributed by atoms with Crippen molar-refractivity contribution >= 4 is 28.3 Å². The fraction of sp³-hybridized carbons (Fsp3) is 0.333. The molecular formula is C15H16N4O2S. The summed E-state index contributed by atoms with van der Waals surface area (Å²) in [6.45, 7) is 2.59. The van der Waals surface area contributed by atoms with Crippen molar-refractivity contribution in [2.24, 2.45) is 0 Å². The second-order valence-corrected chi connectivity index (χ2v) is 6.07. The van der Waals surface area contributed by atoms with Crippen molar-refractivity contribution in [3.63, 3.8) is 0 Å². The van der Waals surface area contributed by atoms with Gasteiger partial charge in [-0.1, -0.05) is 13.0 Å². The highest BCUT2D eigenvalue weighted by molar-refractivity contribution is 7.09. The van der Waals surface area contributed by atoms with Crippen LogP contribution in [0.1, 0.15) is 34.4 Å². The number of hydrogen-bond acceptors (Lipinski definition) is 6. The SMILES string of the molecule is CCCc1nc(C(=O)N(C)Cc2ccc3nonc3c2)cs1. The Bertz CT molecular complexity index is 796. The summed E-state index contributed by atoms with van der Waals surface area (Å²) in [6, 6.07) is 5.63. The summed E-state index contributed by atoms with van der Waals surface area (Å²) in [6.07, 6.45) is 1.94. The van der Waals surface area contributed by atoms with Crippen molar-refractivity contribution in [1.29, 1.82) is 0 Å². The fourth-order valence-corrected chi connectivity index (χ4v) is 3.08. The number of rotatable bonds is 5. The van der Waals surface area contributed by atoms with E-state index in [2.05, 4.69) is 26.9 Å². The lowest BCUT2D eigenvalue weighted by Gasteiger charge is -2.15. The van der Waals surface area contributed by atoms with Crippen LogP contribution in [0.4, 0.5) is 0 Å².